The summed E-state index contributed by atoms with van der Waals surface area (Å²) in [7, 11) is 0. The number of halogens is 1. The molecule has 7 nitrogen and oxygen atoms in total. The molecular weight excluding hydrogens is 456 g/mol. The summed E-state index contributed by atoms with van der Waals surface area (Å²) < 4.78 is 0.898. The van der Waals surface area contributed by atoms with Crippen molar-refractivity contribution < 1.29 is 9.72 Å². The van der Waals surface area contributed by atoms with Gasteiger partial charge in [0.25, 0.3) is 5.69 Å². The van der Waals surface area contributed by atoms with Crippen molar-refractivity contribution >= 4 is 44.4 Å². The van der Waals surface area contributed by atoms with Gasteiger partial charge in [-0.2, -0.15) is 5.26 Å². The number of carbonyl (C=O) groups excluding carboxylic acids is 1. The zero-order valence-corrected chi connectivity index (χ0v) is 17.5. The van der Waals surface area contributed by atoms with E-state index in [1.807, 2.05) is 12.1 Å². The first-order valence-corrected chi connectivity index (χ1v) is 10.5. The van der Waals surface area contributed by atoms with Crippen LogP contribution in [0.3, 0.4) is 0 Å². The number of nitro groups is 1. The predicted octanol–water partition coefficient (Wildman–Crippen LogP) is 4.72. The van der Waals surface area contributed by atoms with Gasteiger partial charge in [-0.05, 0) is 47.0 Å². The number of thiophene rings is 1. The number of hydrogen-bond donors (Lipinski definition) is 1. The lowest BCUT2D eigenvalue weighted by molar-refractivity contribution is -0.384. The minimum atomic E-state index is -0.519. The van der Waals surface area contributed by atoms with Gasteiger partial charge in [0.05, 0.1) is 32.0 Å². The van der Waals surface area contributed by atoms with Crippen molar-refractivity contribution in [2.45, 2.75) is 25.2 Å². The van der Waals surface area contributed by atoms with E-state index in [9.17, 15) is 20.2 Å². The van der Waals surface area contributed by atoms with E-state index in [4.69, 9.17) is 5.73 Å². The number of nitrogens with zero attached hydrogens (tertiary/aromatic N) is 3. The topological polar surface area (TPSA) is 113 Å². The lowest BCUT2D eigenvalue weighted by Gasteiger charge is -2.39. The van der Waals surface area contributed by atoms with Gasteiger partial charge < -0.3 is 5.73 Å². The van der Waals surface area contributed by atoms with Crippen molar-refractivity contribution in [3.63, 3.8) is 0 Å². The van der Waals surface area contributed by atoms with Crippen LogP contribution in [0.1, 0.15) is 30.1 Å². The summed E-state index contributed by atoms with van der Waals surface area (Å²) in [6, 6.07) is 12.0. The molecule has 1 aromatic heterocycles. The third-order valence-electron chi connectivity index (χ3n) is 5.09. The second-order valence-electron chi connectivity index (χ2n) is 6.74. The Morgan fingerprint density at radius 1 is 1.31 bits per heavy atom. The maximum atomic E-state index is 13.0. The number of benzene rings is 1. The number of Topliss-reactive ketones (excluding diaryl/α,β-unsaturated/α-hetero) is 1. The van der Waals surface area contributed by atoms with Crippen LogP contribution in [0.15, 0.2) is 62.8 Å². The molecule has 1 unspecified atom stereocenters. The van der Waals surface area contributed by atoms with E-state index in [2.05, 4.69) is 22.0 Å². The van der Waals surface area contributed by atoms with Gasteiger partial charge in [0, 0.05) is 34.7 Å². The van der Waals surface area contributed by atoms with E-state index in [-0.39, 0.29) is 22.9 Å². The number of carbonyl (C=O) groups is 1. The monoisotopic (exact) mass is 470 g/mol. The number of nitro benzene ring substituents is 1. The maximum absolute atomic E-state index is 13.0. The van der Waals surface area contributed by atoms with Crippen molar-refractivity contribution in [2.75, 3.05) is 4.90 Å². The normalized spacial score (nSPS) is 19.2. The Morgan fingerprint density at radius 2 is 2.10 bits per heavy atom. The molecule has 1 aliphatic carbocycles. The Bertz CT molecular complexity index is 1140. The smallest absolute Gasteiger partial charge is 0.271 e. The molecule has 0 saturated carbocycles. The van der Waals surface area contributed by atoms with Crippen LogP contribution in [0.25, 0.3) is 0 Å². The number of nitrogens with two attached hydrogens (primary N) is 1. The molecule has 1 aromatic carbocycles. The zero-order chi connectivity index (χ0) is 20.7. The molecule has 0 amide bonds. The zero-order valence-electron chi connectivity index (χ0n) is 15.1. The number of allylic oxidation sites excluding steroid dienone is 3. The molecule has 0 bridgehead atoms. The Hall–Kier alpha value is -2.96. The molecule has 0 saturated heterocycles. The van der Waals surface area contributed by atoms with Gasteiger partial charge in [0.2, 0.25) is 0 Å². The second-order valence-corrected chi connectivity index (χ2v) is 9.23. The van der Waals surface area contributed by atoms with Gasteiger partial charge in [0.1, 0.15) is 5.82 Å². The van der Waals surface area contributed by atoms with Crippen molar-refractivity contribution in [2.24, 2.45) is 5.73 Å². The van der Waals surface area contributed by atoms with E-state index < -0.39 is 10.8 Å². The highest BCUT2D eigenvalue weighted by Gasteiger charge is 2.41. The van der Waals surface area contributed by atoms with Crippen LogP contribution in [0, 0.1) is 21.4 Å². The van der Waals surface area contributed by atoms with Crippen LogP contribution in [0.2, 0.25) is 0 Å². The van der Waals surface area contributed by atoms with Crippen LogP contribution in [-0.2, 0) is 4.79 Å². The Labute approximate surface area is 179 Å². The summed E-state index contributed by atoms with van der Waals surface area (Å²) in [4.78, 5) is 26.2. The first-order valence-electron chi connectivity index (χ1n) is 8.88. The van der Waals surface area contributed by atoms with Gasteiger partial charge in [-0.3, -0.25) is 19.8 Å². The molecule has 29 heavy (non-hydrogen) atoms. The summed E-state index contributed by atoms with van der Waals surface area (Å²) >= 11 is 4.90. The van der Waals surface area contributed by atoms with Crippen LogP contribution in [0.5, 0.6) is 0 Å². The van der Waals surface area contributed by atoms with E-state index >= 15 is 0 Å². The van der Waals surface area contributed by atoms with Crippen LogP contribution < -0.4 is 10.6 Å². The molecule has 2 N–H and O–H groups in total. The summed E-state index contributed by atoms with van der Waals surface area (Å²) in [6.45, 7) is 0. The average molecular weight is 471 g/mol. The van der Waals surface area contributed by atoms with E-state index in [0.717, 1.165) is 8.66 Å². The van der Waals surface area contributed by atoms with Gasteiger partial charge in [0.15, 0.2) is 5.78 Å². The fourth-order valence-corrected chi connectivity index (χ4v) is 5.44. The van der Waals surface area contributed by atoms with Gasteiger partial charge in [-0.25, -0.2) is 0 Å². The first kappa shape index (κ1) is 19.4. The van der Waals surface area contributed by atoms with Gasteiger partial charge in [-0.1, -0.05) is 6.07 Å². The number of rotatable bonds is 3. The highest BCUT2D eigenvalue weighted by Crippen LogP contribution is 2.48. The Balaban J connectivity index is 1.96. The van der Waals surface area contributed by atoms with Crippen LogP contribution in [0.4, 0.5) is 11.4 Å². The molecule has 146 valence electrons. The molecule has 0 spiro atoms. The highest BCUT2D eigenvalue weighted by atomic mass is 79.9. The summed E-state index contributed by atoms with van der Waals surface area (Å²) in [6.07, 6.45) is 1.68. The predicted molar refractivity (Wildman–Crippen MR) is 113 cm³/mol. The van der Waals surface area contributed by atoms with Crippen LogP contribution >= 0.6 is 27.3 Å². The molecule has 0 radical (unpaired) electrons. The molecular formula is C20H15BrN4O3S. The fourth-order valence-electron chi connectivity index (χ4n) is 3.89. The van der Waals surface area contributed by atoms with Gasteiger partial charge >= 0.3 is 0 Å². The summed E-state index contributed by atoms with van der Waals surface area (Å²) in [5.41, 5.74) is 8.38. The number of hydrogen-bond acceptors (Lipinski definition) is 7. The number of non-ortho nitro benzene ring substituents is 1. The minimum absolute atomic E-state index is 0.0172. The standard InChI is InChI=1S/C20H15BrN4O3S/c21-17-8-7-16(29-17)18-13(10-22)20(23)24(14-5-2-6-15(26)19(14)18)11-3-1-4-12(9-11)25(27)28/h1,3-4,7-9,18H,2,5-6,23H2. The maximum Gasteiger partial charge on any atom is 0.271 e. The van der Waals surface area contributed by atoms with E-state index in [1.165, 1.54) is 23.5 Å². The number of nitriles is 1. The lowest BCUT2D eigenvalue weighted by Crippen LogP contribution is -2.38. The van der Waals surface area contributed by atoms with Crippen molar-refractivity contribution in [1.29, 1.82) is 5.26 Å². The highest BCUT2D eigenvalue weighted by molar-refractivity contribution is 9.11. The lowest BCUT2D eigenvalue weighted by atomic mass is 9.78. The van der Waals surface area contributed by atoms with Crippen molar-refractivity contribution in [3.05, 3.63) is 77.8 Å². The summed E-state index contributed by atoms with van der Waals surface area (Å²) in [5, 5.41) is 21.2. The number of anilines is 1. The van der Waals surface area contributed by atoms with Crippen LogP contribution in [-0.4, -0.2) is 10.7 Å². The molecule has 4 rings (SSSR count). The van der Waals surface area contributed by atoms with E-state index in [1.54, 1.807) is 17.0 Å². The Morgan fingerprint density at radius 3 is 2.76 bits per heavy atom. The molecule has 1 atom stereocenters. The minimum Gasteiger partial charge on any atom is -0.384 e. The van der Waals surface area contributed by atoms with Crippen molar-refractivity contribution in [3.8, 4) is 6.07 Å². The molecule has 2 aromatic rings. The summed E-state index contributed by atoms with van der Waals surface area (Å²) in [5.74, 6) is -0.332. The fraction of sp³-hybridized carbons (Fsp3) is 0.200. The molecule has 0 fully saturated rings. The Kier molecular flexibility index (Phi) is 4.98. The molecule has 9 heteroatoms. The second kappa shape index (κ2) is 7.46. The van der Waals surface area contributed by atoms with Gasteiger partial charge in [-0.15, -0.1) is 11.3 Å². The largest absolute Gasteiger partial charge is 0.384 e. The molecule has 2 heterocycles. The molecule has 2 aliphatic rings. The molecule has 1 aliphatic heterocycles. The first-order chi connectivity index (χ1) is 13.9. The van der Waals surface area contributed by atoms with E-state index in [0.29, 0.717) is 36.2 Å². The average Bonchev–Trinajstić information content (AvgIpc) is 3.13. The third-order valence-corrected chi connectivity index (χ3v) is 6.78. The van der Waals surface area contributed by atoms with Crippen molar-refractivity contribution in [1.82, 2.24) is 0 Å². The SMILES string of the molecule is N#CC1=C(N)N(c2cccc([N+](=O)[O-])c2)C2=C(C(=O)CCC2)C1c1ccc(Br)s1. The quantitative estimate of drug-likeness (QED) is 0.512. The third kappa shape index (κ3) is 3.24. The number of ketones is 1.